The molecule has 1 N–H and O–H groups in total. The molecule has 4 heteroatoms. The van der Waals surface area contributed by atoms with Crippen molar-refractivity contribution in [2.45, 2.75) is 6.42 Å². The number of nitrogens with one attached hydrogen (secondary N) is 1. The fourth-order valence-electron chi connectivity index (χ4n) is 2.03. The van der Waals surface area contributed by atoms with Gasteiger partial charge in [0.05, 0.1) is 5.52 Å². The molecule has 4 nitrogen and oxygen atoms in total. The van der Waals surface area contributed by atoms with E-state index in [1.54, 1.807) is 0 Å². The molecule has 0 radical (unpaired) electrons. The fraction of sp³-hybridized carbons (Fsp3) is 0.133. The maximum atomic E-state index is 4.07. The lowest BCUT2D eigenvalue weighted by atomic mass is 10.1. The Labute approximate surface area is 111 Å². The van der Waals surface area contributed by atoms with E-state index in [-0.39, 0.29) is 0 Å². The quantitative estimate of drug-likeness (QED) is 0.773. The molecule has 0 aliphatic heterocycles. The standard InChI is InChI=1S/C15H14N4/c1-2-6-12(7-3-1)10-11-16-15-13-8-4-5-9-14(13)17-19-18-15/h1-9H,10-11H2,(H,16,17,18). The third-order valence-corrected chi connectivity index (χ3v) is 3.01. The third kappa shape index (κ3) is 2.68. The zero-order chi connectivity index (χ0) is 12.9. The van der Waals surface area contributed by atoms with Gasteiger partial charge in [0.25, 0.3) is 0 Å². The summed E-state index contributed by atoms with van der Waals surface area (Å²) in [5.74, 6) is 0.793. The Bertz CT molecular complexity index is 662. The topological polar surface area (TPSA) is 50.7 Å². The second-order valence-electron chi connectivity index (χ2n) is 4.32. The highest BCUT2D eigenvalue weighted by Gasteiger charge is 2.02. The molecule has 2 aromatic carbocycles. The molecule has 1 aromatic heterocycles. The van der Waals surface area contributed by atoms with Crippen LogP contribution in [0.3, 0.4) is 0 Å². The molecule has 0 spiro atoms. The van der Waals surface area contributed by atoms with Crippen LogP contribution in [-0.4, -0.2) is 22.0 Å². The summed E-state index contributed by atoms with van der Waals surface area (Å²) >= 11 is 0. The van der Waals surface area contributed by atoms with Gasteiger partial charge in [-0.15, -0.1) is 10.2 Å². The molecular weight excluding hydrogens is 236 g/mol. The Balaban J connectivity index is 1.72. The molecule has 0 unspecified atom stereocenters. The monoisotopic (exact) mass is 250 g/mol. The SMILES string of the molecule is c1ccc(CCNc2nnnc3ccccc23)cc1. The summed E-state index contributed by atoms with van der Waals surface area (Å²) in [5, 5.41) is 16.2. The third-order valence-electron chi connectivity index (χ3n) is 3.01. The van der Waals surface area contributed by atoms with Crippen molar-refractivity contribution in [3.63, 3.8) is 0 Å². The molecule has 94 valence electrons. The first kappa shape index (κ1) is 11.6. The molecule has 0 saturated heterocycles. The van der Waals surface area contributed by atoms with Crippen LogP contribution in [0, 0.1) is 0 Å². The zero-order valence-electron chi connectivity index (χ0n) is 10.5. The molecule has 3 aromatic rings. The summed E-state index contributed by atoms with van der Waals surface area (Å²) in [6.45, 7) is 0.826. The van der Waals surface area contributed by atoms with E-state index in [1.807, 2.05) is 30.3 Å². The van der Waals surface area contributed by atoms with E-state index in [9.17, 15) is 0 Å². The minimum Gasteiger partial charge on any atom is -0.368 e. The van der Waals surface area contributed by atoms with Crippen molar-refractivity contribution in [2.75, 3.05) is 11.9 Å². The number of rotatable bonds is 4. The van der Waals surface area contributed by atoms with Gasteiger partial charge >= 0.3 is 0 Å². The maximum Gasteiger partial charge on any atom is 0.160 e. The van der Waals surface area contributed by atoms with Crippen molar-refractivity contribution in [2.24, 2.45) is 0 Å². The van der Waals surface area contributed by atoms with E-state index >= 15 is 0 Å². The molecule has 0 aliphatic rings. The Hall–Kier alpha value is -2.49. The highest BCUT2D eigenvalue weighted by Crippen LogP contribution is 2.17. The van der Waals surface area contributed by atoms with Crippen molar-refractivity contribution in [3.8, 4) is 0 Å². The van der Waals surface area contributed by atoms with Gasteiger partial charge < -0.3 is 5.32 Å². The van der Waals surface area contributed by atoms with Crippen LogP contribution in [0.4, 0.5) is 5.82 Å². The molecule has 19 heavy (non-hydrogen) atoms. The van der Waals surface area contributed by atoms with Crippen LogP contribution in [0.2, 0.25) is 0 Å². The number of hydrogen-bond donors (Lipinski definition) is 1. The minimum absolute atomic E-state index is 0.793. The van der Waals surface area contributed by atoms with Crippen molar-refractivity contribution in [1.29, 1.82) is 0 Å². The lowest BCUT2D eigenvalue weighted by Crippen LogP contribution is -2.08. The van der Waals surface area contributed by atoms with Crippen LogP contribution in [-0.2, 0) is 6.42 Å². The normalized spacial score (nSPS) is 10.5. The van der Waals surface area contributed by atoms with E-state index in [0.29, 0.717) is 0 Å². The van der Waals surface area contributed by atoms with Gasteiger partial charge in [-0.3, -0.25) is 0 Å². The minimum atomic E-state index is 0.793. The fourth-order valence-corrected chi connectivity index (χ4v) is 2.03. The van der Waals surface area contributed by atoms with Crippen LogP contribution < -0.4 is 5.32 Å². The van der Waals surface area contributed by atoms with Gasteiger partial charge in [-0.1, -0.05) is 42.5 Å². The first-order valence-electron chi connectivity index (χ1n) is 6.29. The molecule has 0 amide bonds. The molecule has 1 heterocycles. The van der Waals surface area contributed by atoms with E-state index in [4.69, 9.17) is 0 Å². The molecule has 0 bridgehead atoms. The van der Waals surface area contributed by atoms with Crippen molar-refractivity contribution in [3.05, 3.63) is 60.2 Å². The zero-order valence-corrected chi connectivity index (χ0v) is 10.5. The summed E-state index contributed by atoms with van der Waals surface area (Å²) in [7, 11) is 0. The molecule has 0 saturated carbocycles. The summed E-state index contributed by atoms with van der Waals surface area (Å²) in [4.78, 5) is 0. The van der Waals surface area contributed by atoms with Gasteiger partial charge in [0.1, 0.15) is 0 Å². The van der Waals surface area contributed by atoms with Gasteiger partial charge in [0, 0.05) is 11.9 Å². The summed E-state index contributed by atoms with van der Waals surface area (Å²) in [6, 6.07) is 18.2. The molecule has 0 aliphatic carbocycles. The van der Waals surface area contributed by atoms with Gasteiger partial charge in [-0.25, -0.2) is 0 Å². The van der Waals surface area contributed by atoms with Crippen LogP contribution in [0.15, 0.2) is 54.6 Å². The van der Waals surface area contributed by atoms with E-state index in [2.05, 4.69) is 45.0 Å². The first-order valence-corrected chi connectivity index (χ1v) is 6.29. The van der Waals surface area contributed by atoms with Crippen molar-refractivity contribution < 1.29 is 0 Å². The number of nitrogens with zero attached hydrogens (tertiary/aromatic N) is 3. The highest BCUT2D eigenvalue weighted by atomic mass is 15.3. The van der Waals surface area contributed by atoms with Gasteiger partial charge in [0.2, 0.25) is 0 Å². The highest BCUT2D eigenvalue weighted by molar-refractivity contribution is 5.88. The smallest absolute Gasteiger partial charge is 0.160 e. The number of anilines is 1. The molecule has 3 rings (SSSR count). The Kier molecular flexibility index (Phi) is 3.32. The molecular formula is C15H14N4. The average Bonchev–Trinajstić information content (AvgIpc) is 2.49. The predicted molar refractivity (Wildman–Crippen MR) is 76.0 cm³/mol. The summed E-state index contributed by atoms with van der Waals surface area (Å²) in [5.41, 5.74) is 2.17. The van der Waals surface area contributed by atoms with Gasteiger partial charge in [-0.2, -0.15) is 0 Å². The Morgan fingerprint density at radius 1 is 0.842 bits per heavy atom. The number of hydrogen-bond acceptors (Lipinski definition) is 4. The number of aromatic nitrogens is 3. The maximum absolute atomic E-state index is 4.07. The van der Waals surface area contributed by atoms with Crippen LogP contribution in [0.25, 0.3) is 10.9 Å². The summed E-state index contributed by atoms with van der Waals surface area (Å²) in [6.07, 6.45) is 0.958. The van der Waals surface area contributed by atoms with Gasteiger partial charge in [0.15, 0.2) is 5.82 Å². The predicted octanol–water partition coefficient (Wildman–Crippen LogP) is 2.68. The summed E-state index contributed by atoms with van der Waals surface area (Å²) < 4.78 is 0. The van der Waals surface area contributed by atoms with Crippen LogP contribution in [0.1, 0.15) is 5.56 Å². The van der Waals surface area contributed by atoms with E-state index in [0.717, 1.165) is 29.7 Å². The molecule has 0 fully saturated rings. The number of benzene rings is 2. The van der Waals surface area contributed by atoms with E-state index in [1.165, 1.54) is 5.56 Å². The Morgan fingerprint density at radius 2 is 1.63 bits per heavy atom. The molecule has 0 atom stereocenters. The Morgan fingerprint density at radius 3 is 2.53 bits per heavy atom. The van der Waals surface area contributed by atoms with Crippen LogP contribution >= 0.6 is 0 Å². The van der Waals surface area contributed by atoms with Gasteiger partial charge in [-0.05, 0) is 29.3 Å². The van der Waals surface area contributed by atoms with Crippen LogP contribution in [0.5, 0.6) is 0 Å². The average molecular weight is 250 g/mol. The number of fused-ring (bicyclic) bond motifs is 1. The lowest BCUT2D eigenvalue weighted by Gasteiger charge is -2.07. The second-order valence-corrected chi connectivity index (χ2v) is 4.32. The van der Waals surface area contributed by atoms with E-state index < -0.39 is 0 Å². The lowest BCUT2D eigenvalue weighted by molar-refractivity contribution is 0.885. The van der Waals surface area contributed by atoms with Crippen molar-refractivity contribution in [1.82, 2.24) is 15.4 Å². The second kappa shape index (κ2) is 5.44. The largest absolute Gasteiger partial charge is 0.368 e. The van der Waals surface area contributed by atoms with Crippen molar-refractivity contribution >= 4 is 16.7 Å². The first-order chi connectivity index (χ1) is 9.43.